The molecule has 0 aliphatic heterocycles. The molecule has 3 heteroatoms. The molecule has 1 aromatic heterocycles. The summed E-state index contributed by atoms with van der Waals surface area (Å²) >= 11 is 0. The van der Waals surface area contributed by atoms with Crippen LogP contribution in [-0.4, -0.2) is 25.8 Å². The van der Waals surface area contributed by atoms with E-state index in [1.165, 1.54) is 10.8 Å². The summed E-state index contributed by atoms with van der Waals surface area (Å²) < 4.78 is 10.8. The van der Waals surface area contributed by atoms with Gasteiger partial charge in [-0.1, -0.05) is 42.5 Å². The molecule has 0 saturated carbocycles. The van der Waals surface area contributed by atoms with Crippen LogP contribution in [0.25, 0.3) is 21.7 Å². The van der Waals surface area contributed by atoms with Gasteiger partial charge in [-0.15, -0.1) is 0 Å². The molecule has 3 aromatic rings. The third-order valence-electron chi connectivity index (χ3n) is 3.55. The molecule has 0 aliphatic rings. The van der Waals surface area contributed by atoms with E-state index in [0.29, 0.717) is 6.61 Å². The average molecular weight is 267 g/mol. The Morgan fingerprint density at radius 2 is 1.55 bits per heavy atom. The Hall–Kier alpha value is -1.97. The summed E-state index contributed by atoms with van der Waals surface area (Å²) in [5.74, 6) is 0. The van der Waals surface area contributed by atoms with Crippen LogP contribution in [-0.2, 0) is 9.47 Å². The number of pyridine rings is 1. The van der Waals surface area contributed by atoms with E-state index in [1.54, 1.807) is 14.2 Å². The number of rotatable bonds is 4. The Kier molecular flexibility index (Phi) is 3.63. The maximum absolute atomic E-state index is 5.55. The van der Waals surface area contributed by atoms with Crippen molar-refractivity contribution in [1.82, 2.24) is 4.98 Å². The van der Waals surface area contributed by atoms with Crippen molar-refractivity contribution in [3.8, 4) is 0 Å². The van der Waals surface area contributed by atoms with E-state index in [9.17, 15) is 0 Å². The van der Waals surface area contributed by atoms with Crippen molar-refractivity contribution in [2.45, 2.75) is 6.10 Å². The number of hydrogen-bond donors (Lipinski definition) is 0. The predicted octanol–water partition coefficient (Wildman–Crippen LogP) is 3.72. The summed E-state index contributed by atoms with van der Waals surface area (Å²) in [6.07, 6.45) is -0.158. The Morgan fingerprint density at radius 1 is 0.900 bits per heavy atom. The fraction of sp³-hybridized carbons (Fsp3) is 0.235. The number of fused-ring (bicyclic) bond motifs is 3. The molecule has 0 saturated heterocycles. The summed E-state index contributed by atoms with van der Waals surface area (Å²) in [6.45, 7) is 0.492. The highest BCUT2D eigenvalue weighted by Crippen LogP contribution is 2.30. The molecule has 2 aromatic carbocycles. The first-order chi connectivity index (χ1) is 9.85. The van der Waals surface area contributed by atoms with Crippen LogP contribution in [0.15, 0.2) is 48.5 Å². The monoisotopic (exact) mass is 267 g/mol. The van der Waals surface area contributed by atoms with E-state index in [-0.39, 0.29) is 6.10 Å². The second-order valence-corrected chi connectivity index (χ2v) is 4.74. The van der Waals surface area contributed by atoms with E-state index in [0.717, 1.165) is 16.6 Å². The lowest BCUT2D eigenvalue weighted by atomic mass is 10.0. The Balaban J connectivity index is 2.33. The van der Waals surface area contributed by atoms with Gasteiger partial charge in [-0.3, -0.25) is 0 Å². The number of benzene rings is 2. The van der Waals surface area contributed by atoms with Crippen LogP contribution in [0.4, 0.5) is 0 Å². The predicted molar refractivity (Wildman–Crippen MR) is 80.9 cm³/mol. The standard InChI is InChI=1S/C17H17NO2/c1-19-11-16(20-2)17-14-9-4-3-7-12(14)13-8-5-6-10-15(13)18-17/h3-10,16H,11H2,1-2H3. The number of nitrogens with zero attached hydrogens (tertiary/aromatic N) is 1. The molecule has 0 N–H and O–H groups in total. The van der Waals surface area contributed by atoms with Crippen molar-refractivity contribution in [3.05, 3.63) is 54.2 Å². The molecular weight excluding hydrogens is 250 g/mol. The highest BCUT2D eigenvalue weighted by atomic mass is 16.5. The van der Waals surface area contributed by atoms with Gasteiger partial charge in [-0.2, -0.15) is 0 Å². The van der Waals surface area contributed by atoms with Gasteiger partial charge in [0.05, 0.1) is 17.8 Å². The topological polar surface area (TPSA) is 31.4 Å². The number of para-hydroxylation sites is 1. The molecule has 0 aliphatic carbocycles. The first-order valence-electron chi connectivity index (χ1n) is 6.64. The largest absolute Gasteiger partial charge is 0.382 e. The second kappa shape index (κ2) is 5.57. The van der Waals surface area contributed by atoms with Crippen molar-refractivity contribution in [3.63, 3.8) is 0 Å². The molecular formula is C17H17NO2. The van der Waals surface area contributed by atoms with Crippen LogP contribution in [0.3, 0.4) is 0 Å². The van der Waals surface area contributed by atoms with Crippen LogP contribution >= 0.6 is 0 Å². The van der Waals surface area contributed by atoms with Gasteiger partial charge in [-0.05, 0) is 11.5 Å². The number of methoxy groups -OCH3 is 2. The summed E-state index contributed by atoms with van der Waals surface area (Å²) in [7, 11) is 3.37. The van der Waals surface area contributed by atoms with Crippen molar-refractivity contribution >= 4 is 21.7 Å². The lowest BCUT2D eigenvalue weighted by molar-refractivity contribution is 0.0260. The minimum absolute atomic E-state index is 0.158. The second-order valence-electron chi connectivity index (χ2n) is 4.74. The SMILES string of the molecule is COCC(OC)c1nc2ccccc2c2ccccc12. The molecule has 20 heavy (non-hydrogen) atoms. The van der Waals surface area contributed by atoms with Gasteiger partial charge in [0, 0.05) is 25.0 Å². The zero-order valence-corrected chi connectivity index (χ0v) is 11.7. The average Bonchev–Trinajstić information content (AvgIpc) is 2.52. The lowest BCUT2D eigenvalue weighted by Gasteiger charge is -2.17. The number of aromatic nitrogens is 1. The molecule has 1 atom stereocenters. The fourth-order valence-corrected chi connectivity index (χ4v) is 2.59. The molecule has 1 heterocycles. The molecule has 0 amide bonds. The van der Waals surface area contributed by atoms with E-state index >= 15 is 0 Å². The molecule has 0 radical (unpaired) electrons. The first kappa shape index (κ1) is 13.0. The van der Waals surface area contributed by atoms with Crippen LogP contribution in [0.5, 0.6) is 0 Å². The van der Waals surface area contributed by atoms with Gasteiger partial charge in [0.1, 0.15) is 6.10 Å². The van der Waals surface area contributed by atoms with Gasteiger partial charge in [0.2, 0.25) is 0 Å². The highest BCUT2D eigenvalue weighted by molar-refractivity contribution is 6.06. The molecule has 3 rings (SSSR count). The molecule has 0 bridgehead atoms. The van der Waals surface area contributed by atoms with Crippen LogP contribution in [0, 0.1) is 0 Å². The Bertz CT molecular complexity index is 739. The zero-order valence-electron chi connectivity index (χ0n) is 11.7. The van der Waals surface area contributed by atoms with Crippen LogP contribution < -0.4 is 0 Å². The summed E-state index contributed by atoms with van der Waals surface area (Å²) in [6, 6.07) is 16.5. The van der Waals surface area contributed by atoms with Gasteiger partial charge in [0.15, 0.2) is 0 Å². The van der Waals surface area contributed by atoms with Gasteiger partial charge < -0.3 is 9.47 Å². The Labute approximate surface area is 118 Å². The van der Waals surface area contributed by atoms with Crippen molar-refractivity contribution in [2.24, 2.45) is 0 Å². The highest BCUT2D eigenvalue weighted by Gasteiger charge is 2.17. The number of hydrogen-bond acceptors (Lipinski definition) is 3. The van der Waals surface area contributed by atoms with Crippen molar-refractivity contribution in [2.75, 3.05) is 20.8 Å². The van der Waals surface area contributed by atoms with E-state index < -0.39 is 0 Å². The molecule has 1 unspecified atom stereocenters. The normalized spacial score (nSPS) is 12.9. The van der Waals surface area contributed by atoms with Crippen molar-refractivity contribution in [1.29, 1.82) is 0 Å². The molecule has 3 nitrogen and oxygen atoms in total. The third-order valence-corrected chi connectivity index (χ3v) is 3.55. The van der Waals surface area contributed by atoms with Gasteiger partial charge in [0.25, 0.3) is 0 Å². The first-order valence-corrected chi connectivity index (χ1v) is 6.64. The maximum Gasteiger partial charge on any atom is 0.123 e. The lowest BCUT2D eigenvalue weighted by Crippen LogP contribution is -2.11. The van der Waals surface area contributed by atoms with Crippen LogP contribution in [0.1, 0.15) is 11.8 Å². The van der Waals surface area contributed by atoms with Crippen molar-refractivity contribution < 1.29 is 9.47 Å². The summed E-state index contributed by atoms with van der Waals surface area (Å²) in [4.78, 5) is 4.79. The van der Waals surface area contributed by atoms with E-state index in [1.807, 2.05) is 24.3 Å². The molecule has 102 valence electrons. The molecule has 0 fully saturated rings. The molecule has 0 spiro atoms. The van der Waals surface area contributed by atoms with Crippen LogP contribution in [0.2, 0.25) is 0 Å². The summed E-state index contributed by atoms with van der Waals surface area (Å²) in [5.41, 5.74) is 1.92. The summed E-state index contributed by atoms with van der Waals surface area (Å²) in [5, 5.41) is 3.49. The van der Waals surface area contributed by atoms with Gasteiger partial charge in [-0.25, -0.2) is 4.98 Å². The smallest absolute Gasteiger partial charge is 0.123 e. The third kappa shape index (κ3) is 2.15. The fourth-order valence-electron chi connectivity index (χ4n) is 2.59. The minimum atomic E-state index is -0.158. The minimum Gasteiger partial charge on any atom is -0.382 e. The van der Waals surface area contributed by atoms with E-state index in [4.69, 9.17) is 14.5 Å². The quantitative estimate of drug-likeness (QED) is 0.675. The number of ether oxygens (including phenoxy) is 2. The zero-order chi connectivity index (χ0) is 13.9. The van der Waals surface area contributed by atoms with Gasteiger partial charge >= 0.3 is 0 Å². The maximum atomic E-state index is 5.55. The van der Waals surface area contributed by atoms with E-state index in [2.05, 4.69) is 24.3 Å². The Morgan fingerprint density at radius 3 is 2.25 bits per heavy atom.